The predicted molar refractivity (Wildman–Crippen MR) is 96.2 cm³/mol. The molecular weight excluding hydrogens is 352 g/mol. The van der Waals surface area contributed by atoms with E-state index in [1.165, 1.54) is 0 Å². The number of esters is 1. The Hall–Kier alpha value is -2.90. The minimum Gasteiger partial charge on any atom is -0.464 e. The molecule has 27 heavy (non-hydrogen) atoms. The number of fused-ring (bicyclic) bond motifs is 1. The van der Waals surface area contributed by atoms with E-state index in [9.17, 15) is 19.2 Å². The lowest BCUT2D eigenvalue weighted by Gasteiger charge is -2.19. The molecule has 1 aromatic rings. The normalized spacial score (nSPS) is 13.4. The molecule has 1 aliphatic heterocycles. The number of hydrogen-bond donors (Lipinski definition) is 1. The van der Waals surface area contributed by atoms with Gasteiger partial charge in [0.1, 0.15) is 12.2 Å². The molecule has 1 heterocycles. The summed E-state index contributed by atoms with van der Waals surface area (Å²) in [5.74, 6) is -1.22. The zero-order valence-electron chi connectivity index (χ0n) is 15.7. The van der Waals surface area contributed by atoms with Crippen molar-refractivity contribution >= 4 is 23.9 Å². The number of amides is 3. The van der Waals surface area contributed by atoms with Crippen LogP contribution in [0.5, 0.6) is 0 Å². The molecule has 3 amide bonds. The number of hydrogen-bond acceptors (Lipinski definition) is 6. The number of imide groups is 1. The third-order valence-corrected chi connectivity index (χ3v) is 3.68. The van der Waals surface area contributed by atoms with E-state index >= 15 is 0 Å². The van der Waals surface area contributed by atoms with Crippen molar-refractivity contribution in [1.29, 1.82) is 0 Å². The van der Waals surface area contributed by atoms with E-state index in [0.29, 0.717) is 17.5 Å². The molecule has 8 nitrogen and oxygen atoms in total. The Morgan fingerprint density at radius 2 is 1.67 bits per heavy atom. The molecule has 0 bridgehead atoms. The van der Waals surface area contributed by atoms with E-state index in [1.54, 1.807) is 45.0 Å². The average molecular weight is 376 g/mol. The van der Waals surface area contributed by atoms with Gasteiger partial charge in [0.05, 0.1) is 17.7 Å². The third-order valence-electron chi connectivity index (χ3n) is 3.68. The molecule has 0 unspecified atom stereocenters. The Morgan fingerprint density at radius 3 is 2.22 bits per heavy atom. The molecular formula is C19H24N2O6. The van der Waals surface area contributed by atoms with Crippen LogP contribution in [0, 0.1) is 0 Å². The zero-order valence-corrected chi connectivity index (χ0v) is 15.7. The maximum absolute atomic E-state index is 12.2. The van der Waals surface area contributed by atoms with E-state index < -0.39 is 17.7 Å². The summed E-state index contributed by atoms with van der Waals surface area (Å²) in [4.78, 5) is 48.6. The molecule has 1 aromatic carbocycles. The van der Waals surface area contributed by atoms with Gasteiger partial charge in [0.25, 0.3) is 11.8 Å². The number of nitrogens with one attached hydrogen (secondary N) is 1. The molecule has 1 N–H and O–H groups in total. The topological polar surface area (TPSA) is 102 Å². The van der Waals surface area contributed by atoms with Gasteiger partial charge < -0.3 is 14.8 Å². The summed E-state index contributed by atoms with van der Waals surface area (Å²) in [6, 6.07) is 6.58. The fraction of sp³-hybridized carbons (Fsp3) is 0.474. The summed E-state index contributed by atoms with van der Waals surface area (Å²) in [5.41, 5.74) is 0.150. The van der Waals surface area contributed by atoms with Crippen LogP contribution in [0.25, 0.3) is 0 Å². The Morgan fingerprint density at radius 1 is 1.07 bits per heavy atom. The highest BCUT2D eigenvalue weighted by Gasteiger charge is 2.34. The molecule has 146 valence electrons. The van der Waals surface area contributed by atoms with E-state index in [1.807, 2.05) is 0 Å². The van der Waals surface area contributed by atoms with Gasteiger partial charge in [0.2, 0.25) is 0 Å². The molecule has 1 aliphatic rings. The number of alkyl carbamates (subject to hydrolysis) is 1. The second-order valence-electron chi connectivity index (χ2n) is 7.06. The summed E-state index contributed by atoms with van der Waals surface area (Å²) in [6.45, 7) is 5.51. The van der Waals surface area contributed by atoms with Crippen molar-refractivity contribution in [3.05, 3.63) is 35.4 Å². The first-order valence-electron chi connectivity index (χ1n) is 8.77. The maximum Gasteiger partial charge on any atom is 0.407 e. The number of rotatable bonds is 7. The summed E-state index contributed by atoms with van der Waals surface area (Å²) in [6.07, 6.45) is -0.0373. The largest absolute Gasteiger partial charge is 0.464 e. The quantitative estimate of drug-likeness (QED) is 0.444. The van der Waals surface area contributed by atoms with Crippen molar-refractivity contribution in [1.82, 2.24) is 10.2 Å². The molecule has 0 aliphatic carbocycles. The predicted octanol–water partition coefficient (Wildman–Crippen LogP) is 2.13. The van der Waals surface area contributed by atoms with Gasteiger partial charge in [0.15, 0.2) is 0 Å². The van der Waals surface area contributed by atoms with Gasteiger partial charge in [-0.1, -0.05) is 12.1 Å². The third kappa shape index (κ3) is 5.80. The van der Waals surface area contributed by atoms with Gasteiger partial charge in [-0.15, -0.1) is 0 Å². The summed E-state index contributed by atoms with van der Waals surface area (Å²) in [5, 5.41) is 2.55. The second-order valence-corrected chi connectivity index (χ2v) is 7.06. The smallest absolute Gasteiger partial charge is 0.407 e. The van der Waals surface area contributed by atoms with Crippen LogP contribution in [0.4, 0.5) is 4.79 Å². The summed E-state index contributed by atoms with van der Waals surface area (Å²) >= 11 is 0. The molecule has 0 atom stereocenters. The number of ether oxygens (including phenoxy) is 2. The molecule has 0 spiro atoms. The fourth-order valence-corrected chi connectivity index (χ4v) is 2.50. The van der Waals surface area contributed by atoms with Crippen LogP contribution in [0.3, 0.4) is 0 Å². The van der Waals surface area contributed by atoms with Crippen molar-refractivity contribution in [2.75, 3.05) is 19.7 Å². The maximum atomic E-state index is 12.2. The lowest BCUT2D eigenvalue weighted by molar-refractivity contribution is -0.143. The van der Waals surface area contributed by atoms with E-state index in [2.05, 4.69) is 5.32 Å². The summed E-state index contributed by atoms with van der Waals surface area (Å²) in [7, 11) is 0. The first-order chi connectivity index (χ1) is 12.7. The molecule has 0 fully saturated rings. The Kier molecular flexibility index (Phi) is 6.55. The molecule has 0 saturated carbocycles. The van der Waals surface area contributed by atoms with Crippen LogP contribution in [0.1, 0.15) is 54.3 Å². The monoisotopic (exact) mass is 376 g/mol. The van der Waals surface area contributed by atoms with Gasteiger partial charge in [0, 0.05) is 13.0 Å². The van der Waals surface area contributed by atoms with Crippen molar-refractivity contribution in [3.63, 3.8) is 0 Å². The first kappa shape index (κ1) is 20.4. The number of carbonyl (C=O) groups excluding carboxylic acids is 4. The zero-order chi connectivity index (χ0) is 20.0. The lowest BCUT2D eigenvalue weighted by atomic mass is 10.1. The molecule has 8 heteroatoms. The number of carbonyl (C=O) groups is 4. The highest BCUT2D eigenvalue weighted by atomic mass is 16.6. The highest BCUT2D eigenvalue weighted by molar-refractivity contribution is 6.21. The lowest BCUT2D eigenvalue weighted by Crippen LogP contribution is -2.34. The van der Waals surface area contributed by atoms with Crippen LogP contribution in [0.2, 0.25) is 0 Å². The minimum atomic E-state index is -0.576. The SMILES string of the molecule is CC(C)(C)OC(=O)NCCCC(=O)OCCN1C(=O)c2ccccc2C1=O. The van der Waals surface area contributed by atoms with Gasteiger partial charge in [-0.2, -0.15) is 0 Å². The van der Waals surface area contributed by atoms with Gasteiger partial charge in [-0.3, -0.25) is 19.3 Å². The minimum absolute atomic E-state index is 0.00818. The first-order valence-corrected chi connectivity index (χ1v) is 8.77. The van der Waals surface area contributed by atoms with Crippen molar-refractivity contribution in [2.45, 2.75) is 39.2 Å². The molecule has 0 aromatic heterocycles. The van der Waals surface area contributed by atoms with Gasteiger partial charge in [-0.25, -0.2) is 4.79 Å². The Labute approximate surface area is 157 Å². The second kappa shape index (κ2) is 8.66. The van der Waals surface area contributed by atoms with Crippen LogP contribution >= 0.6 is 0 Å². The average Bonchev–Trinajstić information content (AvgIpc) is 2.82. The van der Waals surface area contributed by atoms with Crippen LogP contribution < -0.4 is 5.32 Å². The van der Waals surface area contributed by atoms with Crippen LogP contribution in [0.15, 0.2) is 24.3 Å². The molecule has 0 radical (unpaired) electrons. The van der Waals surface area contributed by atoms with Crippen molar-refractivity contribution in [3.8, 4) is 0 Å². The van der Waals surface area contributed by atoms with Gasteiger partial charge >= 0.3 is 12.1 Å². The molecule has 2 rings (SSSR count). The Balaban J connectivity index is 1.64. The molecule has 0 saturated heterocycles. The van der Waals surface area contributed by atoms with Crippen LogP contribution in [-0.2, 0) is 14.3 Å². The van der Waals surface area contributed by atoms with E-state index in [-0.39, 0.29) is 37.9 Å². The van der Waals surface area contributed by atoms with Crippen molar-refractivity contribution < 1.29 is 28.7 Å². The number of benzene rings is 1. The van der Waals surface area contributed by atoms with E-state index in [0.717, 1.165) is 4.90 Å². The Bertz CT molecular complexity index is 703. The van der Waals surface area contributed by atoms with Gasteiger partial charge in [-0.05, 0) is 39.3 Å². The van der Waals surface area contributed by atoms with Crippen molar-refractivity contribution in [2.24, 2.45) is 0 Å². The van der Waals surface area contributed by atoms with E-state index in [4.69, 9.17) is 9.47 Å². The highest BCUT2D eigenvalue weighted by Crippen LogP contribution is 2.21. The standard InChI is InChI=1S/C19H24N2O6/c1-19(2,3)27-18(25)20-10-6-9-15(22)26-12-11-21-16(23)13-7-4-5-8-14(13)17(21)24/h4-5,7-8H,6,9-12H2,1-3H3,(H,20,25). The number of nitrogens with zero attached hydrogens (tertiary/aromatic N) is 1. The van der Waals surface area contributed by atoms with Crippen LogP contribution in [-0.4, -0.2) is 54.1 Å². The fourth-order valence-electron chi connectivity index (χ4n) is 2.50. The summed E-state index contributed by atoms with van der Waals surface area (Å²) < 4.78 is 10.1.